The van der Waals surface area contributed by atoms with Crippen LogP contribution in [0.3, 0.4) is 0 Å². The first-order chi connectivity index (χ1) is 21.0. The van der Waals surface area contributed by atoms with Crippen molar-refractivity contribution in [3.8, 4) is 0 Å². The van der Waals surface area contributed by atoms with Crippen LogP contribution in [0.15, 0.2) is 97.1 Å². The number of hydrogen-bond acceptors (Lipinski definition) is 6. The minimum atomic E-state index is -4.35. The molecule has 0 heterocycles. The molecule has 4 aromatic rings. The Morgan fingerprint density at radius 3 is 1.32 bits per heavy atom. The number of rotatable bonds is 12. The van der Waals surface area contributed by atoms with E-state index >= 15 is 0 Å². The summed E-state index contributed by atoms with van der Waals surface area (Å²) < 4.78 is 34.9. The molecule has 0 fully saturated rings. The molecule has 12 heteroatoms. The van der Waals surface area contributed by atoms with Crippen LogP contribution in [0.1, 0.15) is 45.7 Å². The summed E-state index contributed by atoms with van der Waals surface area (Å²) in [5, 5.41) is 5.82. The van der Waals surface area contributed by atoms with Gasteiger partial charge in [-0.3, -0.25) is 18.7 Å². The molecular formula is C32H32N2O8P2. The molecule has 0 aliphatic carbocycles. The maximum absolute atomic E-state index is 12.9. The highest BCUT2D eigenvalue weighted by Crippen LogP contribution is 2.46. The minimum Gasteiger partial charge on any atom is -0.322 e. The fourth-order valence-corrected chi connectivity index (χ4v) is 6.19. The first-order valence-corrected chi connectivity index (χ1v) is 16.8. The van der Waals surface area contributed by atoms with Crippen LogP contribution in [0.5, 0.6) is 0 Å². The molecule has 228 valence electrons. The molecule has 0 spiro atoms. The highest BCUT2D eigenvalue weighted by atomic mass is 31.2. The molecule has 0 aliphatic rings. The van der Waals surface area contributed by atoms with E-state index in [1.807, 2.05) is 24.3 Å². The summed E-state index contributed by atoms with van der Waals surface area (Å²) >= 11 is 0. The highest BCUT2D eigenvalue weighted by Gasteiger charge is 2.26. The second-order valence-electron chi connectivity index (χ2n) is 9.46. The van der Waals surface area contributed by atoms with E-state index in [2.05, 4.69) is 10.6 Å². The minimum absolute atomic E-state index is 0.123. The van der Waals surface area contributed by atoms with Crippen LogP contribution >= 0.6 is 15.2 Å². The summed E-state index contributed by atoms with van der Waals surface area (Å²) in [5.41, 5.74) is 3.57. The molecule has 0 aliphatic heterocycles. The Labute approximate surface area is 255 Å². The van der Waals surface area contributed by atoms with Gasteiger partial charge in [0.15, 0.2) is 0 Å². The Kier molecular flexibility index (Phi) is 10.8. The van der Waals surface area contributed by atoms with Crippen LogP contribution in [0.2, 0.25) is 0 Å². The van der Waals surface area contributed by atoms with Crippen LogP contribution in [-0.4, -0.2) is 34.8 Å². The Morgan fingerprint density at radius 2 is 0.977 bits per heavy atom. The number of nitrogens with one attached hydrogen (secondary N) is 2. The first kappa shape index (κ1) is 32.8. The molecular weight excluding hydrogens is 602 g/mol. The van der Waals surface area contributed by atoms with Gasteiger partial charge in [0.25, 0.3) is 11.8 Å². The third kappa shape index (κ3) is 8.71. The molecule has 2 amide bonds. The topological polar surface area (TPSA) is 151 Å². The molecule has 0 bridgehead atoms. The van der Waals surface area contributed by atoms with Gasteiger partial charge in [0.2, 0.25) is 0 Å². The van der Waals surface area contributed by atoms with Gasteiger partial charge in [0.05, 0.1) is 23.8 Å². The Balaban J connectivity index is 1.32. The molecule has 10 nitrogen and oxygen atoms in total. The largest absolute Gasteiger partial charge is 0.361 e. The first-order valence-electron chi connectivity index (χ1n) is 13.7. The Bertz CT molecular complexity index is 1700. The van der Waals surface area contributed by atoms with Crippen LogP contribution < -0.4 is 21.2 Å². The van der Waals surface area contributed by atoms with Gasteiger partial charge in [-0.25, -0.2) is 0 Å². The van der Waals surface area contributed by atoms with Crippen LogP contribution in [0.4, 0.5) is 11.4 Å². The van der Waals surface area contributed by atoms with Crippen molar-refractivity contribution in [1.82, 2.24) is 0 Å². The molecule has 4 rings (SSSR count). The second-order valence-corrected chi connectivity index (χ2v) is 13.1. The van der Waals surface area contributed by atoms with Crippen molar-refractivity contribution in [3.63, 3.8) is 0 Å². The lowest BCUT2D eigenvalue weighted by molar-refractivity contribution is 0.101. The van der Waals surface area contributed by atoms with Crippen LogP contribution in [-0.2, 0) is 18.2 Å². The molecule has 0 unspecified atom stereocenters. The summed E-state index contributed by atoms with van der Waals surface area (Å²) in [4.78, 5) is 43.7. The number of anilines is 2. The van der Waals surface area contributed by atoms with Crippen molar-refractivity contribution >= 4 is 61.1 Å². The summed E-state index contributed by atoms with van der Waals surface area (Å²) in [5.74, 6) is -0.650. The molecule has 44 heavy (non-hydrogen) atoms. The van der Waals surface area contributed by atoms with E-state index in [9.17, 15) is 28.5 Å². The summed E-state index contributed by atoms with van der Waals surface area (Å²) in [6.07, 6.45) is 3.76. The van der Waals surface area contributed by atoms with Gasteiger partial charge in [-0.2, -0.15) is 0 Å². The molecule has 0 radical (unpaired) electrons. The average molecular weight is 635 g/mol. The van der Waals surface area contributed by atoms with Gasteiger partial charge in [-0.15, -0.1) is 0 Å². The van der Waals surface area contributed by atoms with Crippen LogP contribution in [0, 0.1) is 0 Å². The standard InChI is InChI=1S/C32H32N2O8P2/c1-3-41-44(40,42-4-2)30-21-17-28(18-22-30)34-32(36)26-13-9-24(10-14-26)6-5-23-7-11-25(12-8-23)31(35)33-27-15-19-29(20-16-27)43(37,38)39/h5-22H,3-4H2,1-2H3,(H,33,35)(H,34,36)(H2,37,38,39)/b6-5+. The predicted molar refractivity (Wildman–Crippen MR) is 173 cm³/mol. The summed E-state index contributed by atoms with van der Waals surface area (Å²) in [6.45, 7) is 3.98. The monoisotopic (exact) mass is 634 g/mol. The lowest BCUT2D eigenvalue weighted by atomic mass is 10.1. The molecule has 4 aromatic carbocycles. The highest BCUT2D eigenvalue weighted by molar-refractivity contribution is 7.62. The maximum Gasteiger partial charge on any atom is 0.361 e. The van der Waals surface area contributed by atoms with E-state index in [4.69, 9.17) is 9.05 Å². The normalized spacial score (nSPS) is 11.8. The zero-order chi connectivity index (χ0) is 31.7. The SMILES string of the molecule is CCOP(=O)(OCC)c1ccc(NC(=O)c2ccc(/C=C/c3ccc(C(=O)Nc4ccc(P(=O)(O)O)cc4)cc3)cc2)cc1. The van der Waals surface area contributed by atoms with E-state index in [0.717, 1.165) is 11.1 Å². The van der Waals surface area contributed by atoms with Gasteiger partial charge in [-0.1, -0.05) is 36.4 Å². The van der Waals surface area contributed by atoms with Crippen molar-refractivity contribution < 1.29 is 37.6 Å². The van der Waals surface area contributed by atoms with E-state index < -0.39 is 15.2 Å². The smallest absolute Gasteiger partial charge is 0.322 e. The van der Waals surface area contributed by atoms with Crippen molar-refractivity contribution in [2.45, 2.75) is 13.8 Å². The van der Waals surface area contributed by atoms with Crippen molar-refractivity contribution in [2.75, 3.05) is 23.8 Å². The van der Waals surface area contributed by atoms with Gasteiger partial charge < -0.3 is 29.5 Å². The third-order valence-electron chi connectivity index (χ3n) is 6.32. The number of benzene rings is 4. The Morgan fingerprint density at radius 1 is 0.614 bits per heavy atom. The van der Waals surface area contributed by atoms with E-state index in [-0.39, 0.29) is 30.3 Å². The van der Waals surface area contributed by atoms with E-state index in [0.29, 0.717) is 27.8 Å². The number of carbonyl (C=O) groups excluding carboxylic acids is 2. The van der Waals surface area contributed by atoms with E-state index in [1.54, 1.807) is 74.5 Å². The molecule has 0 aromatic heterocycles. The molecule has 4 N–H and O–H groups in total. The van der Waals surface area contributed by atoms with Crippen molar-refractivity contribution in [2.24, 2.45) is 0 Å². The zero-order valence-electron chi connectivity index (χ0n) is 24.0. The van der Waals surface area contributed by atoms with Crippen LogP contribution in [0.25, 0.3) is 12.2 Å². The predicted octanol–water partition coefficient (Wildman–Crippen LogP) is 6.06. The van der Waals surface area contributed by atoms with Gasteiger partial charge in [0.1, 0.15) is 0 Å². The second kappa shape index (κ2) is 14.6. The molecule has 0 saturated carbocycles. The maximum atomic E-state index is 12.9. The number of carbonyl (C=O) groups is 2. The molecule has 0 saturated heterocycles. The quantitative estimate of drug-likeness (QED) is 0.109. The van der Waals surface area contributed by atoms with Gasteiger partial charge >= 0.3 is 15.2 Å². The number of hydrogen-bond donors (Lipinski definition) is 4. The van der Waals surface area contributed by atoms with Gasteiger partial charge in [0, 0.05) is 22.5 Å². The fourth-order valence-electron chi connectivity index (χ4n) is 4.08. The summed E-state index contributed by atoms with van der Waals surface area (Å²) in [6, 6.07) is 25.9. The average Bonchev–Trinajstić information content (AvgIpc) is 3.01. The number of amides is 2. The Hall–Kier alpha value is -4.14. The van der Waals surface area contributed by atoms with Crippen molar-refractivity contribution in [1.29, 1.82) is 0 Å². The lowest BCUT2D eigenvalue weighted by Crippen LogP contribution is -2.14. The van der Waals surface area contributed by atoms with Crippen molar-refractivity contribution in [3.05, 3.63) is 119 Å². The van der Waals surface area contributed by atoms with Gasteiger partial charge in [-0.05, 0) is 97.8 Å². The lowest BCUT2D eigenvalue weighted by Gasteiger charge is -2.17. The zero-order valence-corrected chi connectivity index (χ0v) is 25.8. The molecule has 0 atom stereocenters. The fraction of sp³-hybridized carbons (Fsp3) is 0.125. The summed E-state index contributed by atoms with van der Waals surface area (Å²) in [7, 11) is -7.75. The van der Waals surface area contributed by atoms with E-state index in [1.165, 1.54) is 24.3 Å². The third-order valence-corrected chi connectivity index (χ3v) is 9.41.